The maximum absolute atomic E-state index is 6.10. The summed E-state index contributed by atoms with van der Waals surface area (Å²) in [6.07, 6.45) is 0. The lowest BCUT2D eigenvalue weighted by Gasteiger charge is -2.12. The Bertz CT molecular complexity index is 557. The number of benzene rings is 2. The summed E-state index contributed by atoms with van der Waals surface area (Å²) < 4.78 is 5.75. The Morgan fingerprint density at radius 2 is 1.86 bits per heavy atom. The van der Waals surface area contributed by atoms with Gasteiger partial charge in [-0.05, 0) is 30.7 Å². The van der Waals surface area contributed by atoms with E-state index in [0.29, 0.717) is 19.2 Å². The Hall–Kier alpha value is -1.55. The summed E-state index contributed by atoms with van der Waals surface area (Å²) in [7, 11) is 0. The minimum absolute atomic E-state index is 0.321. The number of halogens is 1. The molecule has 0 saturated heterocycles. The first-order chi connectivity index (χ1) is 10.2. The van der Waals surface area contributed by atoms with E-state index in [1.54, 1.807) is 0 Å². The van der Waals surface area contributed by atoms with Crippen LogP contribution in [0.3, 0.4) is 0 Å². The number of hydrogen-bond donors (Lipinski definition) is 2. The van der Waals surface area contributed by atoms with E-state index in [4.69, 9.17) is 22.1 Å². The normalized spacial score (nSPS) is 12.1. The highest BCUT2D eigenvalue weighted by Gasteiger charge is 2.02. The van der Waals surface area contributed by atoms with Crippen molar-refractivity contribution in [3.8, 4) is 5.75 Å². The molecule has 0 fully saturated rings. The van der Waals surface area contributed by atoms with E-state index in [1.165, 1.54) is 5.56 Å². The number of nitrogens with two attached hydrogens (primary N) is 1. The topological polar surface area (TPSA) is 47.3 Å². The van der Waals surface area contributed by atoms with Gasteiger partial charge in [0.2, 0.25) is 0 Å². The van der Waals surface area contributed by atoms with Crippen LogP contribution in [0.2, 0.25) is 5.02 Å². The van der Waals surface area contributed by atoms with E-state index in [9.17, 15) is 0 Å². The van der Waals surface area contributed by atoms with Crippen LogP contribution in [0.4, 0.5) is 0 Å². The Balaban J connectivity index is 1.86. The molecule has 3 N–H and O–H groups in total. The maximum Gasteiger partial charge on any atom is 0.119 e. The predicted octanol–water partition coefficient (Wildman–Crippen LogP) is 3.36. The molecule has 4 heteroatoms. The van der Waals surface area contributed by atoms with Crippen LogP contribution < -0.4 is 15.8 Å². The van der Waals surface area contributed by atoms with Gasteiger partial charge in [-0.25, -0.2) is 0 Å². The van der Waals surface area contributed by atoms with E-state index in [2.05, 4.69) is 24.4 Å². The third-order valence-corrected chi connectivity index (χ3v) is 3.65. The number of rotatable bonds is 7. The summed E-state index contributed by atoms with van der Waals surface area (Å²) in [6, 6.07) is 16.1. The highest BCUT2D eigenvalue weighted by molar-refractivity contribution is 6.31. The molecule has 3 nitrogen and oxygen atoms in total. The molecule has 0 spiro atoms. The van der Waals surface area contributed by atoms with Gasteiger partial charge in [-0.2, -0.15) is 0 Å². The third-order valence-electron chi connectivity index (χ3n) is 3.28. The SMILES string of the molecule is CC(CN)NCc1ccc(OCc2ccccc2Cl)cc1. The van der Waals surface area contributed by atoms with Gasteiger partial charge in [0.05, 0.1) is 0 Å². The van der Waals surface area contributed by atoms with Crippen molar-refractivity contribution in [1.82, 2.24) is 5.32 Å². The molecule has 1 unspecified atom stereocenters. The van der Waals surface area contributed by atoms with Crippen LogP contribution in [0.25, 0.3) is 0 Å². The molecule has 2 aromatic rings. The standard InChI is InChI=1S/C17H21ClN2O/c1-13(10-19)20-11-14-6-8-16(9-7-14)21-12-15-4-2-3-5-17(15)18/h2-9,13,20H,10-12,19H2,1H3. The van der Waals surface area contributed by atoms with Crippen molar-refractivity contribution < 1.29 is 4.74 Å². The minimum atomic E-state index is 0.321. The number of nitrogens with one attached hydrogen (secondary N) is 1. The minimum Gasteiger partial charge on any atom is -0.489 e. The van der Waals surface area contributed by atoms with Gasteiger partial charge in [0.25, 0.3) is 0 Å². The van der Waals surface area contributed by atoms with Crippen molar-refractivity contribution in [2.75, 3.05) is 6.54 Å². The first-order valence-electron chi connectivity index (χ1n) is 7.07. The van der Waals surface area contributed by atoms with Gasteiger partial charge < -0.3 is 15.8 Å². The summed E-state index contributed by atoms with van der Waals surface area (Å²) >= 11 is 6.10. The van der Waals surface area contributed by atoms with Crippen LogP contribution in [0.5, 0.6) is 5.75 Å². The van der Waals surface area contributed by atoms with Crippen LogP contribution in [-0.2, 0) is 13.2 Å². The Morgan fingerprint density at radius 1 is 1.14 bits per heavy atom. The third kappa shape index (κ3) is 5.05. The fourth-order valence-electron chi connectivity index (χ4n) is 1.86. The van der Waals surface area contributed by atoms with Gasteiger partial charge in [0.15, 0.2) is 0 Å². The molecular formula is C17H21ClN2O. The van der Waals surface area contributed by atoms with E-state index >= 15 is 0 Å². The van der Waals surface area contributed by atoms with Gasteiger partial charge >= 0.3 is 0 Å². The molecule has 0 aliphatic carbocycles. The highest BCUT2D eigenvalue weighted by atomic mass is 35.5. The quantitative estimate of drug-likeness (QED) is 0.824. The molecule has 0 radical (unpaired) electrons. The maximum atomic E-state index is 6.10. The first kappa shape index (κ1) is 15.8. The summed E-state index contributed by atoms with van der Waals surface area (Å²) in [4.78, 5) is 0. The van der Waals surface area contributed by atoms with Gasteiger partial charge in [0.1, 0.15) is 12.4 Å². The fraction of sp³-hybridized carbons (Fsp3) is 0.294. The summed E-state index contributed by atoms with van der Waals surface area (Å²) in [6.45, 7) is 3.99. The predicted molar refractivity (Wildman–Crippen MR) is 87.6 cm³/mol. The largest absolute Gasteiger partial charge is 0.489 e. The molecular weight excluding hydrogens is 284 g/mol. The van der Waals surface area contributed by atoms with E-state index < -0.39 is 0 Å². The van der Waals surface area contributed by atoms with Crippen LogP contribution in [0, 0.1) is 0 Å². The average Bonchev–Trinajstić information content (AvgIpc) is 2.53. The van der Waals surface area contributed by atoms with Crippen LogP contribution >= 0.6 is 11.6 Å². The molecule has 2 aromatic carbocycles. The van der Waals surface area contributed by atoms with Crippen LogP contribution in [0.1, 0.15) is 18.1 Å². The van der Waals surface area contributed by atoms with Crippen molar-refractivity contribution in [2.45, 2.75) is 26.1 Å². The second-order valence-electron chi connectivity index (χ2n) is 5.04. The highest BCUT2D eigenvalue weighted by Crippen LogP contribution is 2.19. The monoisotopic (exact) mass is 304 g/mol. The summed E-state index contributed by atoms with van der Waals surface area (Å²) in [5.41, 5.74) is 7.77. The van der Waals surface area contributed by atoms with Crippen molar-refractivity contribution in [3.63, 3.8) is 0 Å². The van der Waals surface area contributed by atoms with Crippen LogP contribution in [0.15, 0.2) is 48.5 Å². The Labute approximate surface area is 131 Å². The smallest absolute Gasteiger partial charge is 0.119 e. The Kier molecular flexibility index (Phi) is 6.05. The van der Waals surface area contributed by atoms with Crippen molar-refractivity contribution in [2.24, 2.45) is 5.73 Å². The number of hydrogen-bond acceptors (Lipinski definition) is 3. The molecule has 0 aromatic heterocycles. The van der Waals surface area contributed by atoms with Crippen molar-refractivity contribution >= 4 is 11.6 Å². The zero-order chi connectivity index (χ0) is 15.1. The molecule has 0 amide bonds. The fourth-order valence-corrected chi connectivity index (χ4v) is 2.05. The molecule has 21 heavy (non-hydrogen) atoms. The number of ether oxygens (including phenoxy) is 1. The zero-order valence-corrected chi connectivity index (χ0v) is 12.9. The van der Waals surface area contributed by atoms with Gasteiger partial charge in [-0.3, -0.25) is 0 Å². The lowest BCUT2D eigenvalue weighted by Crippen LogP contribution is -2.32. The van der Waals surface area contributed by atoms with E-state index in [1.807, 2.05) is 36.4 Å². The van der Waals surface area contributed by atoms with Crippen molar-refractivity contribution in [1.29, 1.82) is 0 Å². The van der Waals surface area contributed by atoms with Crippen LogP contribution in [-0.4, -0.2) is 12.6 Å². The first-order valence-corrected chi connectivity index (χ1v) is 7.45. The molecule has 0 saturated carbocycles. The van der Waals surface area contributed by atoms with Crippen molar-refractivity contribution in [3.05, 3.63) is 64.7 Å². The van der Waals surface area contributed by atoms with E-state index in [-0.39, 0.29) is 0 Å². The lowest BCUT2D eigenvalue weighted by molar-refractivity contribution is 0.306. The Morgan fingerprint density at radius 3 is 2.52 bits per heavy atom. The lowest BCUT2D eigenvalue weighted by atomic mass is 10.2. The van der Waals surface area contributed by atoms with Gasteiger partial charge in [-0.1, -0.05) is 41.9 Å². The second kappa shape index (κ2) is 8.03. The summed E-state index contributed by atoms with van der Waals surface area (Å²) in [5.74, 6) is 0.838. The zero-order valence-electron chi connectivity index (χ0n) is 12.2. The molecule has 0 heterocycles. The molecule has 0 aliphatic heterocycles. The summed E-state index contributed by atoms with van der Waals surface area (Å²) in [5, 5.41) is 4.08. The molecule has 0 aliphatic rings. The average molecular weight is 305 g/mol. The van der Waals surface area contributed by atoms with E-state index in [0.717, 1.165) is 22.9 Å². The molecule has 2 rings (SSSR count). The second-order valence-corrected chi connectivity index (χ2v) is 5.45. The van der Waals surface area contributed by atoms with Gasteiger partial charge in [0, 0.05) is 29.7 Å². The molecule has 1 atom stereocenters. The molecule has 112 valence electrons. The van der Waals surface area contributed by atoms with Gasteiger partial charge in [-0.15, -0.1) is 0 Å². The molecule has 0 bridgehead atoms.